The zero-order chi connectivity index (χ0) is 28.0. The topological polar surface area (TPSA) is 193 Å². The van der Waals surface area contributed by atoms with Crippen LogP contribution in [0, 0.1) is 0 Å². The van der Waals surface area contributed by atoms with Gasteiger partial charge in [0.05, 0.1) is 9.80 Å². The Balaban J connectivity index is 1.71. The van der Waals surface area contributed by atoms with Crippen molar-refractivity contribution >= 4 is 73.8 Å². The predicted octanol–water partition coefficient (Wildman–Crippen LogP) is 1.87. The second-order valence-corrected chi connectivity index (χ2v) is 11.0. The molecule has 5 N–H and O–H groups in total. The minimum atomic E-state index is -3.87. The molecule has 0 aliphatic carbocycles. The van der Waals surface area contributed by atoms with Gasteiger partial charge in [0.25, 0.3) is 11.8 Å². The van der Waals surface area contributed by atoms with Crippen LogP contribution in [0.4, 0.5) is 5.69 Å². The number of amides is 2. The molecule has 200 valence electrons. The van der Waals surface area contributed by atoms with Crippen LogP contribution in [0.3, 0.4) is 0 Å². The van der Waals surface area contributed by atoms with Crippen molar-refractivity contribution in [1.82, 2.24) is 4.90 Å². The molecule has 1 atom stereocenters. The number of rotatable bonds is 11. The fourth-order valence-corrected chi connectivity index (χ4v) is 5.18. The molecule has 0 bridgehead atoms. The van der Waals surface area contributed by atoms with Gasteiger partial charge in [0.2, 0.25) is 10.0 Å². The first-order valence-corrected chi connectivity index (χ1v) is 13.5. The molecule has 3 rings (SSSR count). The second-order valence-electron chi connectivity index (χ2n) is 7.78. The molecule has 1 heterocycles. The zero-order valence-electron chi connectivity index (χ0n) is 19.4. The van der Waals surface area contributed by atoms with Crippen LogP contribution in [0.25, 0.3) is 6.08 Å². The SMILES string of the molecule is NS(=O)(=O)c1ccc(NC(=O)COc2ccccc2/C=C2\SC(=S)N(C(CCC(=O)O)C(=O)O)C2=O)cc1. The molecule has 2 amide bonds. The molecule has 0 spiro atoms. The minimum Gasteiger partial charge on any atom is -0.483 e. The number of carboxylic acids is 2. The van der Waals surface area contributed by atoms with E-state index in [0.717, 1.165) is 16.7 Å². The Hall–Kier alpha value is -3.79. The van der Waals surface area contributed by atoms with Crippen LogP contribution in [0.1, 0.15) is 18.4 Å². The van der Waals surface area contributed by atoms with Crippen LogP contribution in [0.2, 0.25) is 0 Å². The fraction of sp³-hybridized carbons (Fsp3) is 0.174. The fourth-order valence-electron chi connectivity index (χ4n) is 3.31. The number of aliphatic carboxylic acids is 2. The number of thioether (sulfide) groups is 1. The lowest BCUT2D eigenvalue weighted by Crippen LogP contribution is -2.44. The number of nitrogens with two attached hydrogens (primary N) is 1. The highest BCUT2D eigenvalue weighted by Crippen LogP contribution is 2.36. The zero-order valence-corrected chi connectivity index (χ0v) is 21.8. The Kier molecular flexibility index (Phi) is 9.22. The van der Waals surface area contributed by atoms with E-state index in [1.807, 2.05) is 0 Å². The summed E-state index contributed by atoms with van der Waals surface area (Å²) in [5.41, 5.74) is 0.731. The van der Waals surface area contributed by atoms with Crippen molar-refractivity contribution in [3.8, 4) is 5.75 Å². The Morgan fingerprint density at radius 2 is 1.79 bits per heavy atom. The minimum absolute atomic E-state index is 0.0229. The van der Waals surface area contributed by atoms with Crippen LogP contribution in [-0.4, -0.2) is 64.3 Å². The molecule has 0 saturated carbocycles. The van der Waals surface area contributed by atoms with Crippen LogP contribution >= 0.6 is 24.0 Å². The molecule has 2 aromatic carbocycles. The van der Waals surface area contributed by atoms with E-state index in [0.29, 0.717) is 11.3 Å². The van der Waals surface area contributed by atoms with Crippen LogP contribution in [-0.2, 0) is 29.2 Å². The van der Waals surface area contributed by atoms with Gasteiger partial charge >= 0.3 is 11.9 Å². The van der Waals surface area contributed by atoms with Crippen molar-refractivity contribution in [2.45, 2.75) is 23.8 Å². The lowest BCUT2D eigenvalue weighted by atomic mass is 10.1. The summed E-state index contributed by atoms with van der Waals surface area (Å²) in [7, 11) is -3.87. The van der Waals surface area contributed by atoms with Crippen molar-refractivity contribution in [1.29, 1.82) is 0 Å². The van der Waals surface area contributed by atoms with Crippen LogP contribution < -0.4 is 15.2 Å². The van der Waals surface area contributed by atoms with Gasteiger partial charge < -0.3 is 20.3 Å². The molecule has 0 radical (unpaired) electrons. The number of sulfonamides is 1. The van der Waals surface area contributed by atoms with Gasteiger partial charge in [-0.1, -0.05) is 42.2 Å². The molecule has 15 heteroatoms. The molecular formula is C23H21N3O9S3. The summed E-state index contributed by atoms with van der Waals surface area (Å²) in [6.45, 7) is -0.418. The smallest absolute Gasteiger partial charge is 0.326 e. The maximum absolute atomic E-state index is 13.0. The monoisotopic (exact) mass is 579 g/mol. The summed E-state index contributed by atoms with van der Waals surface area (Å²) in [6, 6.07) is 10.3. The van der Waals surface area contributed by atoms with Gasteiger partial charge in [0.15, 0.2) is 6.61 Å². The first-order valence-electron chi connectivity index (χ1n) is 10.7. The van der Waals surface area contributed by atoms with E-state index in [9.17, 15) is 32.7 Å². The van der Waals surface area contributed by atoms with Crippen molar-refractivity contribution in [3.63, 3.8) is 0 Å². The highest BCUT2D eigenvalue weighted by atomic mass is 32.2. The number of hydrogen-bond acceptors (Lipinski definition) is 9. The van der Waals surface area contributed by atoms with Gasteiger partial charge in [0, 0.05) is 17.7 Å². The van der Waals surface area contributed by atoms with Crippen molar-refractivity contribution in [2.24, 2.45) is 5.14 Å². The summed E-state index contributed by atoms with van der Waals surface area (Å²) < 4.78 is 28.3. The summed E-state index contributed by atoms with van der Waals surface area (Å²) in [5.74, 6) is -3.56. The molecule has 2 aromatic rings. The summed E-state index contributed by atoms with van der Waals surface area (Å²) in [5, 5.41) is 26.0. The average molecular weight is 580 g/mol. The molecule has 12 nitrogen and oxygen atoms in total. The van der Waals surface area contributed by atoms with Gasteiger partial charge in [-0.25, -0.2) is 18.4 Å². The van der Waals surface area contributed by atoms with E-state index in [1.54, 1.807) is 24.3 Å². The average Bonchev–Trinajstić information content (AvgIpc) is 3.11. The lowest BCUT2D eigenvalue weighted by molar-refractivity contribution is -0.146. The van der Waals surface area contributed by atoms with E-state index < -0.39 is 52.8 Å². The Morgan fingerprint density at radius 3 is 2.39 bits per heavy atom. The molecule has 1 aliphatic rings. The quantitative estimate of drug-likeness (QED) is 0.224. The van der Waals surface area contributed by atoms with Gasteiger partial charge in [0.1, 0.15) is 16.1 Å². The third kappa shape index (κ3) is 7.38. The number of hydrogen-bond donors (Lipinski definition) is 4. The maximum atomic E-state index is 13.0. The maximum Gasteiger partial charge on any atom is 0.326 e. The number of primary sulfonamides is 1. The van der Waals surface area contributed by atoms with E-state index in [1.165, 1.54) is 30.3 Å². The Morgan fingerprint density at radius 1 is 1.13 bits per heavy atom. The number of nitrogens with zero attached hydrogens (tertiary/aromatic N) is 1. The number of carbonyl (C=O) groups excluding carboxylic acids is 2. The molecule has 1 aliphatic heterocycles. The second kappa shape index (κ2) is 12.2. The first-order chi connectivity index (χ1) is 17.9. The Labute approximate surface area is 226 Å². The third-order valence-electron chi connectivity index (χ3n) is 5.08. The summed E-state index contributed by atoms with van der Waals surface area (Å²) >= 11 is 6.05. The van der Waals surface area contributed by atoms with E-state index >= 15 is 0 Å². The van der Waals surface area contributed by atoms with Crippen LogP contribution in [0.5, 0.6) is 5.75 Å². The van der Waals surface area contributed by atoms with E-state index in [2.05, 4.69) is 5.32 Å². The van der Waals surface area contributed by atoms with Gasteiger partial charge in [-0.05, 0) is 42.8 Å². The Bertz CT molecular complexity index is 1420. The molecule has 1 unspecified atom stereocenters. The van der Waals surface area contributed by atoms with Crippen molar-refractivity contribution in [3.05, 3.63) is 59.0 Å². The highest BCUT2D eigenvalue weighted by Gasteiger charge is 2.40. The third-order valence-corrected chi connectivity index (χ3v) is 7.34. The van der Waals surface area contributed by atoms with Crippen LogP contribution in [0.15, 0.2) is 58.3 Å². The van der Waals surface area contributed by atoms with Gasteiger partial charge in [-0.15, -0.1) is 0 Å². The number of benzene rings is 2. The molecule has 1 saturated heterocycles. The molecule has 0 aromatic heterocycles. The standard InChI is InChI=1S/C23H21N3O9S3/c24-38(33,34)15-7-5-14(6-8-15)25-19(27)12-35-17-4-2-1-3-13(17)11-18-21(30)26(23(36)37-18)16(22(31)32)9-10-20(28)29/h1-8,11,16H,9-10,12H2,(H,25,27)(H,28,29)(H,31,32)(H2,24,33,34)/b18-11-. The molecule has 38 heavy (non-hydrogen) atoms. The number of thiocarbonyl (C=S) groups is 1. The summed E-state index contributed by atoms with van der Waals surface area (Å²) in [6.07, 6.45) is 0.667. The number of carboxylic acid groups (broad SMARTS) is 2. The predicted molar refractivity (Wildman–Crippen MR) is 142 cm³/mol. The normalized spacial score (nSPS) is 15.4. The highest BCUT2D eigenvalue weighted by molar-refractivity contribution is 8.26. The first kappa shape index (κ1) is 28.8. The van der Waals surface area contributed by atoms with E-state index in [4.69, 9.17) is 27.2 Å². The van der Waals surface area contributed by atoms with E-state index in [-0.39, 0.29) is 26.3 Å². The lowest BCUT2D eigenvalue weighted by Gasteiger charge is -2.22. The number of ether oxygens (including phenoxy) is 1. The molecular weight excluding hydrogens is 558 g/mol. The van der Waals surface area contributed by atoms with Crippen molar-refractivity contribution < 1.29 is 42.5 Å². The largest absolute Gasteiger partial charge is 0.483 e. The number of para-hydroxylation sites is 1. The van der Waals surface area contributed by atoms with Gasteiger partial charge in [-0.3, -0.25) is 19.3 Å². The van der Waals surface area contributed by atoms with Gasteiger partial charge in [-0.2, -0.15) is 0 Å². The summed E-state index contributed by atoms with van der Waals surface area (Å²) in [4.78, 5) is 48.8. The number of carbonyl (C=O) groups is 4. The van der Waals surface area contributed by atoms with Crippen molar-refractivity contribution in [2.75, 3.05) is 11.9 Å². The molecule has 1 fully saturated rings. The number of nitrogens with one attached hydrogen (secondary N) is 1. The number of anilines is 1.